The van der Waals surface area contributed by atoms with Gasteiger partial charge in [-0.05, 0) is 78.1 Å². The zero-order valence-corrected chi connectivity index (χ0v) is 19.1. The van der Waals surface area contributed by atoms with Crippen molar-refractivity contribution in [2.24, 2.45) is 11.8 Å². The zero-order valence-electron chi connectivity index (χ0n) is 19.1. The largest absolute Gasteiger partial charge is 0.236 e. The molecule has 0 aromatic carbocycles. The van der Waals surface area contributed by atoms with Crippen molar-refractivity contribution in [2.45, 2.75) is 129 Å². The Morgan fingerprint density at radius 2 is 0.893 bits per heavy atom. The van der Waals surface area contributed by atoms with Gasteiger partial charge in [-0.25, -0.2) is 19.6 Å². The summed E-state index contributed by atoms with van der Waals surface area (Å²) in [6.45, 7) is 10.1. The number of unbranched alkanes of at least 4 members (excludes halogenated alkanes) is 3. The van der Waals surface area contributed by atoms with Gasteiger partial charge in [-0.15, -0.1) is 0 Å². The van der Waals surface area contributed by atoms with Crippen LogP contribution in [0.1, 0.15) is 118 Å². The average Bonchev–Trinajstić information content (AvgIpc) is 2.70. The first-order chi connectivity index (χ1) is 13.4. The third-order valence-electron chi connectivity index (χ3n) is 6.93. The lowest BCUT2D eigenvalue weighted by atomic mass is 9.79. The Balaban J connectivity index is 1.42. The van der Waals surface area contributed by atoms with Crippen LogP contribution in [0.25, 0.3) is 0 Å². The highest BCUT2D eigenvalue weighted by Crippen LogP contribution is 2.35. The van der Waals surface area contributed by atoms with Gasteiger partial charge in [0, 0.05) is 0 Å². The summed E-state index contributed by atoms with van der Waals surface area (Å²) in [7, 11) is 0. The van der Waals surface area contributed by atoms with Crippen LogP contribution < -0.4 is 0 Å². The van der Waals surface area contributed by atoms with Crippen molar-refractivity contribution in [3.05, 3.63) is 0 Å². The number of hydrogen-bond acceptors (Lipinski definition) is 4. The van der Waals surface area contributed by atoms with E-state index < -0.39 is 0 Å². The van der Waals surface area contributed by atoms with Crippen LogP contribution in [0.2, 0.25) is 0 Å². The predicted molar refractivity (Wildman–Crippen MR) is 114 cm³/mol. The highest BCUT2D eigenvalue weighted by molar-refractivity contribution is 4.81. The molecule has 4 heteroatoms. The molecule has 2 saturated carbocycles. The summed E-state index contributed by atoms with van der Waals surface area (Å²) >= 11 is 0. The second-order valence-corrected chi connectivity index (χ2v) is 10.1. The van der Waals surface area contributed by atoms with E-state index in [1.54, 1.807) is 0 Å². The zero-order chi connectivity index (χ0) is 20.3. The van der Waals surface area contributed by atoms with E-state index in [0.29, 0.717) is 25.0 Å². The summed E-state index contributed by atoms with van der Waals surface area (Å²) < 4.78 is 0. The van der Waals surface area contributed by atoms with E-state index in [2.05, 4.69) is 27.7 Å². The van der Waals surface area contributed by atoms with Crippen LogP contribution in [0, 0.1) is 11.8 Å². The molecule has 0 saturated heterocycles. The molecule has 0 amide bonds. The van der Waals surface area contributed by atoms with Gasteiger partial charge < -0.3 is 0 Å². The quantitative estimate of drug-likeness (QED) is 0.187. The van der Waals surface area contributed by atoms with Crippen molar-refractivity contribution < 1.29 is 19.6 Å². The van der Waals surface area contributed by atoms with Gasteiger partial charge in [-0.1, -0.05) is 51.4 Å². The Labute approximate surface area is 173 Å². The van der Waals surface area contributed by atoms with Gasteiger partial charge in [0.25, 0.3) is 0 Å². The smallest absolute Gasteiger partial charge is 0.101 e. The van der Waals surface area contributed by atoms with Crippen molar-refractivity contribution in [1.82, 2.24) is 0 Å². The van der Waals surface area contributed by atoms with Crippen LogP contribution in [0.3, 0.4) is 0 Å². The van der Waals surface area contributed by atoms with Crippen LogP contribution in [-0.2, 0) is 19.6 Å². The first-order valence-electron chi connectivity index (χ1n) is 12.0. The van der Waals surface area contributed by atoms with Gasteiger partial charge in [-0.2, -0.15) is 0 Å². The molecule has 0 atom stereocenters. The summed E-state index contributed by atoms with van der Waals surface area (Å²) in [6.07, 6.45) is 17.5. The Hall–Kier alpha value is -0.160. The first-order valence-corrected chi connectivity index (χ1v) is 12.0. The lowest BCUT2D eigenvalue weighted by Crippen LogP contribution is -2.36. The van der Waals surface area contributed by atoms with E-state index >= 15 is 0 Å². The van der Waals surface area contributed by atoms with Crippen molar-refractivity contribution in [1.29, 1.82) is 0 Å². The molecular formula is C24H46O4. The second-order valence-electron chi connectivity index (χ2n) is 10.1. The Morgan fingerprint density at radius 1 is 0.536 bits per heavy atom. The highest BCUT2D eigenvalue weighted by Gasteiger charge is 2.33. The molecule has 0 aromatic heterocycles. The number of hydrogen-bond donors (Lipinski definition) is 0. The molecule has 0 aliphatic heterocycles. The lowest BCUT2D eigenvalue weighted by molar-refractivity contribution is -0.367. The van der Waals surface area contributed by atoms with Gasteiger partial charge in [0.15, 0.2) is 0 Å². The van der Waals surface area contributed by atoms with E-state index in [4.69, 9.17) is 19.6 Å². The Kier molecular flexibility index (Phi) is 10.8. The molecule has 28 heavy (non-hydrogen) atoms. The van der Waals surface area contributed by atoms with E-state index in [-0.39, 0.29) is 11.2 Å². The molecule has 0 radical (unpaired) electrons. The molecule has 166 valence electrons. The fourth-order valence-electron chi connectivity index (χ4n) is 4.79. The molecule has 0 heterocycles. The van der Waals surface area contributed by atoms with Crippen molar-refractivity contribution in [3.8, 4) is 0 Å². The molecule has 2 aliphatic carbocycles. The molecule has 2 aliphatic rings. The van der Waals surface area contributed by atoms with E-state index in [0.717, 1.165) is 25.7 Å². The maximum absolute atomic E-state index is 5.76. The van der Waals surface area contributed by atoms with E-state index in [9.17, 15) is 0 Å². The topological polar surface area (TPSA) is 36.9 Å². The number of rotatable bonds is 13. The third kappa shape index (κ3) is 8.69. The molecule has 0 aromatic rings. The molecule has 0 spiro atoms. The minimum absolute atomic E-state index is 0.156. The van der Waals surface area contributed by atoms with Crippen LogP contribution in [0.15, 0.2) is 0 Å². The molecule has 4 nitrogen and oxygen atoms in total. The molecule has 0 bridgehead atoms. The Bertz CT molecular complexity index is 357. The summed E-state index contributed by atoms with van der Waals surface area (Å²) in [5.74, 6) is 1.27. The lowest BCUT2D eigenvalue weighted by Gasteiger charge is -2.35. The minimum atomic E-state index is -0.156. The SMILES string of the molecule is CC(C)(OOCCCCCCOOC(C)(C)C1CCCCC1)C1CCCCC1. The van der Waals surface area contributed by atoms with E-state index in [1.807, 2.05) is 0 Å². The second kappa shape index (κ2) is 12.5. The van der Waals surface area contributed by atoms with Crippen molar-refractivity contribution >= 4 is 0 Å². The highest BCUT2D eigenvalue weighted by atomic mass is 17.2. The third-order valence-corrected chi connectivity index (χ3v) is 6.93. The van der Waals surface area contributed by atoms with Gasteiger partial charge in [0.05, 0.1) is 13.2 Å². The standard InChI is InChI=1S/C24H46O4/c1-23(2,21-15-9-7-10-16-21)27-25-19-13-5-6-14-20-26-28-24(3,4)22-17-11-8-12-18-22/h21-22H,5-20H2,1-4H3. The molecule has 0 unspecified atom stereocenters. The first kappa shape index (κ1) is 24.1. The van der Waals surface area contributed by atoms with Gasteiger partial charge in [0.2, 0.25) is 0 Å². The summed E-state index contributed by atoms with van der Waals surface area (Å²) in [4.78, 5) is 22.6. The fourth-order valence-corrected chi connectivity index (χ4v) is 4.79. The van der Waals surface area contributed by atoms with Crippen molar-refractivity contribution in [2.75, 3.05) is 13.2 Å². The summed E-state index contributed by atoms with van der Waals surface area (Å²) in [5.41, 5.74) is -0.312. The van der Waals surface area contributed by atoms with Crippen LogP contribution in [0.5, 0.6) is 0 Å². The average molecular weight is 399 g/mol. The van der Waals surface area contributed by atoms with Gasteiger partial charge in [-0.3, -0.25) is 0 Å². The molecule has 0 N–H and O–H groups in total. The maximum Gasteiger partial charge on any atom is 0.101 e. The fraction of sp³-hybridized carbons (Fsp3) is 1.00. The molecule has 2 fully saturated rings. The minimum Gasteiger partial charge on any atom is -0.236 e. The summed E-state index contributed by atoms with van der Waals surface area (Å²) in [6, 6.07) is 0. The normalized spacial score (nSPS) is 20.6. The van der Waals surface area contributed by atoms with Crippen LogP contribution in [-0.4, -0.2) is 24.4 Å². The molecular weight excluding hydrogens is 352 g/mol. The predicted octanol–water partition coefficient (Wildman–Crippen LogP) is 7.16. The van der Waals surface area contributed by atoms with Crippen LogP contribution >= 0.6 is 0 Å². The van der Waals surface area contributed by atoms with Gasteiger partial charge in [0.1, 0.15) is 11.2 Å². The van der Waals surface area contributed by atoms with Gasteiger partial charge >= 0.3 is 0 Å². The maximum atomic E-state index is 5.76. The monoisotopic (exact) mass is 398 g/mol. The van der Waals surface area contributed by atoms with Crippen molar-refractivity contribution in [3.63, 3.8) is 0 Å². The van der Waals surface area contributed by atoms with Crippen LogP contribution in [0.4, 0.5) is 0 Å². The molecule has 2 rings (SSSR count). The van der Waals surface area contributed by atoms with E-state index in [1.165, 1.54) is 64.2 Å². The Morgan fingerprint density at radius 3 is 1.25 bits per heavy atom. The summed E-state index contributed by atoms with van der Waals surface area (Å²) in [5, 5.41) is 0.